The fourth-order valence-corrected chi connectivity index (χ4v) is 8.69. The Balaban J connectivity index is 1.23. The molecule has 0 aromatic heterocycles. The summed E-state index contributed by atoms with van der Waals surface area (Å²) in [4.78, 5) is 25.9. The number of ether oxygens (including phenoxy) is 1. The third-order valence-corrected chi connectivity index (χ3v) is 10.2. The molecule has 6 rings (SSSR count). The predicted molar refractivity (Wildman–Crippen MR) is 128 cm³/mol. The van der Waals surface area contributed by atoms with Gasteiger partial charge in [-0.05, 0) is 94.2 Å². The van der Waals surface area contributed by atoms with Crippen molar-refractivity contribution in [1.82, 2.24) is 9.62 Å². The van der Waals surface area contributed by atoms with Crippen LogP contribution in [-0.4, -0.2) is 49.3 Å². The van der Waals surface area contributed by atoms with Crippen LogP contribution in [0, 0.1) is 17.8 Å². The molecular weight excluding hydrogens is 452 g/mol. The first-order valence-electron chi connectivity index (χ1n) is 12.9. The number of nitrogens with one attached hydrogen (secondary N) is 1. The number of esters is 1. The van der Waals surface area contributed by atoms with Gasteiger partial charge in [-0.25, -0.2) is 13.2 Å². The van der Waals surface area contributed by atoms with Crippen molar-refractivity contribution in [3.05, 3.63) is 29.8 Å². The normalized spacial score (nSPS) is 32.1. The van der Waals surface area contributed by atoms with E-state index in [2.05, 4.69) is 5.32 Å². The van der Waals surface area contributed by atoms with Gasteiger partial charge in [0.25, 0.3) is 5.91 Å². The molecule has 0 spiro atoms. The van der Waals surface area contributed by atoms with Crippen molar-refractivity contribution in [2.24, 2.45) is 17.8 Å². The molecule has 1 atom stereocenters. The van der Waals surface area contributed by atoms with Gasteiger partial charge >= 0.3 is 5.97 Å². The highest BCUT2D eigenvalue weighted by Gasteiger charge is 2.51. The van der Waals surface area contributed by atoms with Crippen LogP contribution in [-0.2, 0) is 19.6 Å². The smallest absolute Gasteiger partial charge is 0.338 e. The van der Waals surface area contributed by atoms with E-state index in [1.54, 1.807) is 13.0 Å². The molecule has 0 radical (unpaired) electrons. The van der Waals surface area contributed by atoms with Crippen molar-refractivity contribution in [2.45, 2.75) is 87.7 Å². The van der Waals surface area contributed by atoms with Crippen LogP contribution >= 0.6 is 0 Å². The minimum Gasteiger partial charge on any atom is -0.449 e. The molecule has 4 aliphatic carbocycles. The van der Waals surface area contributed by atoms with Crippen LogP contribution in [0.2, 0.25) is 0 Å². The standard InChI is InChI=1S/C26H36N2O5S/c1-18(24(29)27-26-15-19-11-20(16-26)13-21(12-19)17-26)33-25(30)22-7-6-8-23(14-22)34(31,32)28-9-4-2-3-5-10-28/h6-8,14,18-21H,2-5,9-13,15-17H2,1H3,(H,27,29)/t18-,19?,20?,21?,26?/m0/s1. The molecule has 8 heteroatoms. The maximum atomic E-state index is 13.1. The average Bonchev–Trinajstić information content (AvgIpc) is 3.08. The van der Waals surface area contributed by atoms with E-state index < -0.39 is 22.1 Å². The van der Waals surface area contributed by atoms with E-state index in [0.717, 1.165) is 44.9 Å². The molecule has 1 amide bonds. The number of carbonyl (C=O) groups is 2. The monoisotopic (exact) mass is 488 g/mol. The average molecular weight is 489 g/mol. The Morgan fingerprint density at radius 1 is 1.00 bits per heavy atom. The molecule has 1 aliphatic heterocycles. The van der Waals surface area contributed by atoms with Gasteiger partial charge < -0.3 is 10.1 Å². The summed E-state index contributed by atoms with van der Waals surface area (Å²) in [5, 5.41) is 3.25. The molecule has 34 heavy (non-hydrogen) atoms. The zero-order valence-electron chi connectivity index (χ0n) is 20.0. The van der Waals surface area contributed by atoms with E-state index >= 15 is 0 Å². The van der Waals surface area contributed by atoms with Crippen LogP contribution in [0.15, 0.2) is 29.2 Å². The minimum absolute atomic E-state index is 0.0921. The van der Waals surface area contributed by atoms with Gasteiger partial charge in [-0.2, -0.15) is 4.31 Å². The molecule has 1 N–H and O–H groups in total. The van der Waals surface area contributed by atoms with Crippen LogP contribution in [0.4, 0.5) is 0 Å². The second-order valence-corrected chi connectivity index (χ2v) is 13.0. The molecule has 1 aromatic carbocycles. The molecule has 5 aliphatic rings. The quantitative estimate of drug-likeness (QED) is 0.614. The van der Waals surface area contributed by atoms with Crippen molar-refractivity contribution in [3.63, 3.8) is 0 Å². The lowest BCUT2D eigenvalue weighted by Gasteiger charge is -2.57. The van der Waals surface area contributed by atoms with Crippen LogP contribution in [0.5, 0.6) is 0 Å². The second kappa shape index (κ2) is 9.26. The van der Waals surface area contributed by atoms with Crippen molar-refractivity contribution in [2.75, 3.05) is 13.1 Å². The number of benzene rings is 1. The molecule has 0 unspecified atom stereocenters. The van der Waals surface area contributed by atoms with Gasteiger partial charge in [-0.3, -0.25) is 4.79 Å². The van der Waals surface area contributed by atoms with E-state index in [1.807, 2.05) is 0 Å². The first kappa shape index (κ1) is 23.8. The highest BCUT2D eigenvalue weighted by molar-refractivity contribution is 7.89. The van der Waals surface area contributed by atoms with Crippen molar-refractivity contribution >= 4 is 21.9 Å². The molecule has 5 fully saturated rings. The molecule has 4 saturated carbocycles. The second-order valence-electron chi connectivity index (χ2n) is 11.1. The van der Waals surface area contributed by atoms with Crippen LogP contribution in [0.3, 0.4) is 0 Å². The molecule has 1 aromatic rings. The number of rotatable bonds is 6. The van der Waals surface area contributed by atoms with Gasteiger partial charge in [0, 0.05) is 18.6 Å². The third kappa shape index (κ3) is 4.76. The Bertz CT molecular complexity index is 1010. The van der Waals surface area contributed by atoms with E-state index in [9.17, 15) is 18.0 Å². The summed E-state index contributed by atoms with van der Waals surface area (Å²) in [6, 6.07) is 5.97. The van der Waals surface area contributed by atoms with Crippen LogP contribution in [0.25, 0.3) is 0 Å². The van der Waals surface area contributed by atoms with E-state index in [4.69, 9.17) is 4.74 Å². The predicted octanol–water partition coefficient (Wildman–Crippen LogP) is 3.88. The number of hydrogen-bond donors (Lipinski definition) is 1. The van der Waals surface area contributed by atoms with Gasteiger partial charge in [0.05, 0.1) is 10.5 Å². The number of sulfonamides is 1. The fraction of sp³-hybridized carbons (Fsp3) is 0.692. The van der Waals surface area contributed by atoms with Gasteiger partial charge in [0.15, 0.2) is 6.10 Å². The molecule has 4 bridgehead atoms. The highest BCUT2D eigenvalue weighted by atomic mass is 32.2. The van der Waals surface area contributed by atoms with Gasteiger partial charge in [0.2, 0.25) is 10.0 Å². The van der Waals surface area contributed by atoms with Crippen molar-refractivity contribution < 1.29 is 22.7 Å². The molecule has 7 nitrogen and oxygen atoms in total. The Morgan fingerprint density at radius 2 is 1.59 bits per heavy atom. The minimum atomic E-state index is -3.67. The van der Waals surface area contributed by atoms with Gasteiger partial charge in [-0.1, -0.05) is 18.9 Å². The summed E-state index contributed by atoms with van der Waals surface area (Å²) in [5.74, 6) is 1.18. The van der Waals surface area contributed by atoms with Crippen molar-refractivity contribution in [3.8, 4) is 0 Å². The summed E-state index contributed by atoms with van der Waals surface area (Å²) in [6.45, 7) is 2.59. The summed E-state index contributed by atoms with van der Waals surface area (Å²) >= 11 is 0. The van der Waals surface area contributed by atoms with Gasteiger partial charge in [-0.15, -0.1) is 0 Å². The largest absolute Gasteiger partial charge is 0.449 e. The van der Waals surface area contributed by atoms with Crippen LogP contribution in [0.1, 0.15) is 81.5 Å². The molecule has 1 saturated heterocycles. The van der Waals surface area contributed by atoms with E-state index in [1.165, 1.54) is 41.8 Å². The maximum Gasteiger partial charge on any atom is 0.338 e. The SMILES string of the molecule is C[C@H](OC(=O)c1cccc(S(=O)(=O)N2CCCCCC2)c1)C(=O)NC12CC3CC(CC(C3)C1)C2. The number of amides is 1. The molecule has 1 heterocycles. The summed E-state index contributed by atoms with van der Waals surface area (Å²) in [5.41, 5.74) is -0.00134. The Labute approximate surface area is 202 Å². The summed E-state index contributed by atoms with van der Waals surface area (Å²) in [6.07, 6.45) is 9.76. The molecular formula is C26H36N2O5S. The first-order chi connectivity index (χ1) is 16.2. The number of hydrogen-bond acceptors (Lipinski definition) is 5. The lowest BCUT2D eigenvalue weighted by molar-refractivity contribution is -0.134. The maximum absolute atomic E-state index is 13.1. The Morgan fingerprint density at radius 3 is 2.18 bits per heavy atom. The topological polar surface area (TPSA) is 92.8 Å². The summed E-state index contributed by atoms with van der Waals surface area (Å²) in [7, 11) is -3.67. The first-order valence-corrected chi connectivity index (χ1v) is 14.3. The lowest BCUT2D eigenvalue weighted by atomic mass is 9.53. The number of carbonyl (C=O) groups excluding carboxylic acids is 2. The summed E-state index contributed by atoms with van der Waals surface area (Å²) < 4.78 is 33.2. The van der Waals surface area contributed by atoms with Crippen LogP contribution < -0.4 is 5.32 Å². The zero-order chi connectivity index (χ0) is 23.9. The highest BCUT2D eigenvalue weighted by Crippen LogP contribution is 2.55. The van der Waals surface area contributed by atoms with E-state index in [0.29, 0.717) is 30.8 Å². The Kier molecular flexibility index (Phi) is 6.48. The fourth-order valence-electron chi connectivity index (χ4n) is 7.12. The van der Waals surface area contributed by atoms with Crippen molar-refractivity contribution in [1.29, 1.82) is 0 Å². The van der Waals surface area contributed by atoms with Gasteiger partial charge in [0.1, 0.15) is 0 Å². The zero-order valence-corrected chi connectivity index (χ0v) is 20.8. The Hall–Kier alpha value is -1.93. The lowest BCUT2D eigenvalue weighted by Crippen LogP contribution is -2.61. The van der Waals surface area contributed by atoms with E-state index in [-0.39, 0.29) is 21.9 Å². The third-order valence-electron chi connectivity index (χ3n) is 8.35. The number of nitrogens with zero attached hydrogens (tertiary/aromatic N) is 1. The molecule has 186 valence electrons.